The molecule has 7 aromatic carbocycles. The van der Waals surface area contributed by atoms with Crippen LogP contribution in [0.5, 0.6) is 0 Å². The number of hydrogen-bond acceptors (Lipinski definition) is 2. The molecule has 0 bridgehead atoms. The van der Waals surface area contributed by atoms with Gasteiger partial charge in [-0.05, 0) is 100.0 Å². The molecular weight excluding hydrogens is 651 g/mol. The monoisotopic (exact) mass is 688 g/mol. The van der Waals surface area contributed by atoms with Gasteiger partial charge in [0.2, 0.25) is 0 Å². The van der Waals surface area contributed by atoms with E-state index in [0.717, 1.165) is 45.3 Å². The summed E-state index contributed by atoms with van der Waals surface area (Å²) in [6, 6.07) is 61.1. The van der Waals surface area contributed by atoms with Crippen molar-refractivity contribution in [1.82, 2.24) is 0 Å². The van der Waals surface area contributed by atoms with E-state index in [-0.39, 0.29) is 5.41 Å². The second-order valence-electron chi connectivity index (χ2n) is 13.4. The number of anilines is 6. The normalized spacial score (nSPS) is 11.3. The van der Waals surface area contributed by atoms with Crippen molar-refractivity contribution >= 4 is 57.3 Å². The van der Waals surface area contributed by atoms with Gasteiger partial charge in [-0.2, -0.15) is 0 Å². The summed E-state index contributed by atoms with van der Waals surface area (Å²) in [6.45, 7) is 6.75. The average molecular weight is 690 g/mol. The minimum atomic E-state index is -0.155. The molecule has 0 N–H and O–H groups in total. The zero-order valence-electron chi connectivity index (χ0n) is 28.4. The van der Waals surface area contributed by atoms with Crippen LogP contribution in [0.15, 0.2) is 176 Å². The molecule has 0 aromatic heterocycles. The summed E-state index contributed by atoms with van der Waals surface area (Å²) >= 11 is 14.0. The smallest absolute Gasteiger partial charge is 0.0647 e. The average Bonchev–Trinajstić information content (AvgIpc) is 3.14. The second-order valence-corrected chi connectivity index (χ2v) is 14.2. The number of rotatable bonds is 8. The molecule has 0 fully saturated rings. The van der Waals surface area contributed by atoms with Crippen LogP contribution in [0.2, 0.25) is 10.0 Å². The van der Waals surface area contributed by atoms with Crippen LogP contribution in [0.1, 0.15) is 26.3 Å². The molecule has 0 unspecified atom stereocenters. The van der Waals surface area contributed by atoms with Gasteiger partial charge in [0.1, 0.15) is 0 Å². The summed E-state index contributed by atoms with van der Waals surface area (Å²) in [4.78, 5) is 4.50. The summed E-state index contributed by atoms with van der Waals surface area (Å²) in [5, 5.41) is 1.34. The van der Waals surface area contributed by atoms with Crippen molar-refractivity contribution in [3.8, 4) is 22.3 Å². The Morgan fingerprint density at radius 1 is 0.360 bits per heavy atom. The Hall–Kier alpha value is -5.28. The van der Waals surface area contributed by atoms with Crippen molar-refractivity contribution in [2.45, 2.75) is 26.2 Å². The third-order valence-electron chi connectivity index (χ3n) is 8.94. The Morgan fingerprint density at radius 2 is 0.700 bits per heavy atom. The van der Waals surface area contributed by atoms with Crippen molar-refractivity contribution in [2.24, 2.45) is 0 Å². The van der Waals surface area contributed by atoms with Crippen LogP contribution in [0.4, 0.5) is 34.1 Å². The predicted octanol–water partition coefficient (Wildman–Crippen LogP) is 14.6. The maximum Gasteiger partial charge on any atom is 0.0647 e. The molecule has 0 amide bonds. The Morgan fingerprint density at radius 3 is 1.06 bits per heavy atom. The van der Waals surface area contributed by atoms with Crippen LogP contribution in [-0.4, -0.2) is 0 Å². The molecule has 0 aliphatic carbocycles. The first kappa shape index (κ1) is 33.2. The summed E-state index contributed by atoms with van der Waals surface area (Å²) in [7, 11) is 0. The van der Waals surface area contributed by atoms with E-state index in [1.54, 1.807) is 0 Å². The van der Waals surface area contributed by atoms with Gasteiger partial charge in [-0.1, -0.05) is 153 Å². The summed E-state index contributed by atoms with van der Waals surface area (Å²) < 4.78 is 0. The van der Waals surface area contributed by atoms with Crippen LogP contribution in [0.3, 0.4) is 0 Å². The highest BCUT2D eigenvalue weighted by molar-refractivity contribution is 6.34. The van der Waals surface area contributed by atoms with Gasteiger partial charge in [-0.25, -0.2) is 0 Å². The van der Waals surface area contributed by atoms with Crippen molar-refractivity contribution < 1.29 is 0 Å². The van der Waals surface area contributed by atoms with E-state index >= 15 is 0 Å². The first-order chi connectivity index (χ1) is 24.3. The standard InChI is InChI=1S/C46H38Cl2N2/c1-46(2,3)37-30-40(49(44-20-12-10-18-42(44)47)38-26-22-35(23-27-38)33-14-6-4-7-15-33)32-41(31-37)50(45-21-13-11-19-43(45)48)39-28-24-36(25-29-39)34-16-8-5-9-17-34/h4-32H,1-3H3. The Balaban J connectivity index is 1.42. The molecule has 0 aliphatic heterocycles. The zero-order chi connectivity index (χ0) is 34.7. The van der Waals surface area contributed by atoms with Crippen LogP contribution >= 0.6 is 23.2 Å². The molecule has 0 saturated heterocycles. The van der Waals surface area contributed by atoms with E-state index in [1.807, 2.05) is 48.5 Å². The Bertz CT molecular complexity index is 2050. The highest BCUT2D eigenvalue weighted by Crippen LogP contribution is 2.46. The lowest BCUT2D eigenvalue weighted by Gasteiger charge is -2.33. The van der Waals surface area contributed by atoms with Crippen molar-refractivity contribution in [3.05, 3.63) is 192 Å². The fraction of sp³-hybridized carbons (Fsp3) is 0.0870. The van der Waals surface area contributed by atoms with Crippen LogP contribution in [0, 0.1) is 0 Å². The molecule has 0 spiro atoms. The van der Waals surface area contributed by atoms with E-state index in [1.165, 1.54) is 16.7 Å². The molecule has 0 aliphatic rings. The molecular formula is C46H38Cl2N2. The predicted molar refractivity (Wildman–Crippen MR) is 215 cm³/mol. The molecule has 0 heterocycles. The van der Waals surface area contributed by atoms with Gasteiger partial charge in [0.25, 0.3) is 0 Å². The quantitative estimate of drug-likeness (QED) is 0.157. The topological polar surface area (TPSA) is 6.48 Å². The maximum absolute atomic E-state index is 6.99. The van der Waals surface area contributed by atoms with Crippen LogP contribution in [-0.2, 0) is 5.41 Å². The van der Waals surface area contributed by atoms with E-state index < -0.39 is 0 Å². The maximum atomic E-state index is 6.99. The van der Waals surface area contributed by atoms with Gasteiger partial charge in [0, 0.05) is 22.7 Å². The van der Waals surface area contributed by atoms with E-state index in [2.05, 4.69) is 158 Å². The molecule has 7 rings (SSSR count). The van der Waals surface area contributed by atoms with Gasteiger partial charge >= 0.3 is 0 Å². The first-order valence-electron chi connectivity index (χ1n) is 16.8. The lowest BCUT2D eigenvalue weighted by Crippen LogP contribution is -2.18. The minimum absolute atomic E-state index is 0.155. The van der Waals surface area contributed by atoms with Gasteiger partial charge < -0.3 is 9.80 Å². The Kier molecular flexibility index (Phi) is 9.50. The molecule has 246 valence electrons. The van der Waals surface area contributed by atoms with Crippen molar-refractivity contribution in [3.63, 3.8) is 0 Å². The van der Waals surface area contributed by atoms with Gasteiger partial charge in [-0.3, -0.25) is 0 Å². The largest absolute Gasteiger partial charge is 0.309 e. The molecule has 0 atom stereocenters. The molecule has 0 saturated carbocycles. The first-order valence-corrected chi connectivity index (χ1v) is 17.6. The second kappa shape index (κ2) is 14.3. The van der Waals surface area contributed by atoms with Gasteiger partial charge in [-0.15, -0.1) is 0 Å². The highest BCUT2D eigenvalue weighted by atomic mass is 35.5. The molecule has 0 radical (unpaired) electrons. The zero-order valence-corrected chi connectivity index (χ0v) is 29.9. The number of nitrogens with zero attached hydrogens (tertiary/aromatic N) is 2. The SMILES string of the molecule is CC(C)(C)c1cc(N(c2ccc(-c3ccccc3)cc2)c2ccccc2Cl)cc(N(c2ccc(-c3ccccc3)cc2)c2ccccc2Cl)c1. The summed E-state index contributed by atoms with van der Waals surface area (Å²) in [5.74, 6) is 0. The lowest BCUT2D eigenvalue weighted by atomic mass is 9.86. The van der Waals surface area contributed by atoms with Crippen LogP contribution < -0.4 is 9.80 Å². The summed E-state index contributed by atoms with van der Waals surface area (Å²) in [6.07, 6.45) is 0. The van der Waals surface area contributed by atoms with E-state index in [4.69, 9.17) is 23.2 Å². The lowest BCUT2D eigenvalue weighted by molar-refractivity contribution is 0.590. The fourth-order valence-electron chi connectivity index (χ4n) is 6.27. The van der Waals surface area contributed by atoms with E-state index in [9.17, 15) is 0 Å². The van der Waals surface area contributed by atoms with E-state index in [0.29, 0.717) is 10.0 Å². The third-order valence-corrected chi connectivity index (χ3v) is 9.58. The Labute approximate surface area is 305 Å². The molecule has 7 aromatic rings. The number of para-hydroxylation sites is 2. The fourth-order valence-corrected chi connectivity index (χ4v) is 6.71. The number of benzene rings is 7. The minimum Gasteiger partial charge on any atom is -0.309 e. The highest BCUT2D eigenvalue weighted by Gasteiger charge is 2.24. The third kappa shape index (κ3) is 7.05. The number of hydrogen-bond donors (Lipinski definition) is 0. The summed E-state index contributed by atoms with van der Waals surface area (Å²) in [5.41, 5.74) is 11.5. The molecule has 4 heteroatoms. The van der Waals surface area contributed by atoms with Crippen molar-refractivity contribution in [2.75, 3.05) is 9.80 Å². The van der Waals surface area contributed by atoms with Gasteiger partial charge in [0.05, 0.1) is 21.4 Å². The molecule has 2 nitrogen and oxygen atoms in total. The van der Waals surface area contributed by atoms with Crippen molar-refractivity contribution in [1.29, 1.82) is 0 Å². The molecule has 50 heavy (non-hydrogen) atoms. The van der Waals surface area contributed by atoms with Crippen LogP contribution in [0.25, 0.3) is 22.3 Å². The number of halogens is 2. The van der Waals surface area contributed by atoms with Gasteiger partial charge in [0.15, 0.2) is 0 Å².